The van der Waals surface area contributed by atoms with Gasteiger partial charge in [-0.05, 0) is 50.8 Å². The van der Waals surface area contributed by atoms with Gasteiger partial charge < -0.3 is 18.8 Å². The van der Waals surface area contributed by atoms with E-state index in [1.165, 1.54) is 6.07 Å². The summed E-state index contributed by atoms with van der Waals surface area (Å²) in [5.74, 6) is -0.429. The van der Waals surface area contributed by atoms with Crippen LogP contribution in [0.4, 0.5) is 0 Å². The van der Waals surface area contributed by atoms with Gasteiger partial charge in [0.1, 0.15) is 11.3 Å². The SMILES string of the molecule is Cc1cc(=O)oc2cc(OCC(=O)OCC(=O)N3CCCC[C@H]3C)ccc12. The molecule has 1 aliphatic heterocycles. The van der Waals surface area contributed by atoms with Crippen LogP contribution in [0.25, 0.3) is 11.0 Å². The van der Waals surface area contributed by atoms with Crippen LogP contribution < -0.4 is 10.4 Å². The van der Waals surface area contributed by atoms with Gasteiger partial charge in [-0.3, -0.25) is 4.79 Å². The second kappa shape index (κ2) is 8.24. The summed E-state index contributed by atoms with van der Waals surface area (Å²) in [6, 6.07) is 6.59. The van der Waals surface area contributed by atoms with Gasteiger partial charge in [0, 0.05) is 30.1 Å². The monoisotopic (exact) mass is 373 g/mol. The molecule has 7 nitrogen and oxygen atoms in total. The first-order valence-electron chi connectivity index (χ1n) is 9.06. The average Bonchev–Trinajstić information content (AvgIpc) is 2.64. The Kier molecular flexibility index (Phi) is 5.78. The summed E-state index contributed by atoms with van der Waals surface area (Å²) in [5, 5.41) is 0.797. The molecule has 0 N–H and O–H groups in total. The van der Waals surface area contributed by atoms with E-state index in [2.05, 4.69) is 0 Å². The molecule has 0 bridgehead atoms. The van der Waals surface area contributed by atoms with Crippen molar-refractivity contribution < 1.29 is 23.5 Å². The van der Waals surface area contributed by atoms with Crippen LogP contribution in [0.15, 0.2) is 33.5 Å². The summed E-state index contributed by atoms with van der Waals surface area (Å²) in [6.07, 6.45) is 3.06. The van der Waals surface area contributed by atoms with Crippen molar-refractivity contribution in [3.63, 3.8) is 0 Å². The number of piperidine rings is 1. The summed E-state index contributed by atoms with van der Waals surface area (Å²) in [7, 11) is 0. The molecule has 3 rings (SSSR count). The molecule has 2 heterocycles. The number of hydrogen-bond donors (Lipinski definition) is 0. The highest BCUT2D eigenvalue weighted by Crippen LogP contribution is 2.22. The van der Waals surface area contributed by atoms with Crippen molar-refractivity contribution in [3.05, 3.63) is 40.2 Å². The first-order chi connectivity index (χ1) is 12.9. The maximum atomic E-state index is 12.2. The molecule has 2 aromatic rings. The van der Waals surface area contributed by atoms with Crippen LogP contribution in [0.1, 0.15) is 31.7 Å². The standard InChI is InChI=1S/C20H23NO6/c1-13-9-19(23)27-17-10-15(6-7-16(13)17)25-12-20(24)26-11-18(22)21-8-4-3-5-14(21)2/h6-7,9-10,14H,3-5,8,11-12H2,1-2H3/t14-/m1/s1. The van der Waals surface area contributed by atoms with E-state index in [0.717, 1.165) is 30.2 Å². The molecule has 1 aromatic carbocycles. The zero-order chi connectivity index (χ0) is 19.4. The largest absolute Gasteiger partial charge is 0.482 e. The fourth-order valence-corrected chi connectivity index (χ4v) is 3.27. The maximum Gasteiger partial charge on any atom is 0.344 e. The summed E-state index contributed by atoms with van der Waals surface area (Å²) in [4.78, 5) is 37.3. The summed E-state index contributed by atoms with van der Waals surface area (Å²) < 4.78 is 15.6. The minimum atomic E-state index is -0.626. The van der Waals surface area contributed by atoms with Crippen LogP contribution in [0.2, 0.25) is 0 Å². The van der Waals surface area contributed by atoms with Crippen molar-refractivity contribution in [1.29, 1.82) is 0 Å². The first-order valence-corrected chi connectivity index (χ1v) is 9.06. The molecule has 1 amide bonds. The lowest BCUT2D eigenvalue weighted by molar-refractivity contribution is -0.154. The number of rotatable bonds is 5. The predicted molar refractivity (Wildman–Crippen MR) is 98.7 cm³/mol. The number of carbonyl (C=O) groups excluding carboxylic acids is 2. The van der Waals surface area contributed by atoms with E-state index >= 15 is 0 Å². The van der Waals surface area contributed by atoms with Crippen molar-refractivity contribution in [2.45, 2.75) is 39.2 Å². The molecule has 144 valence electrons. The van der Waals surface area contributed by atoms with E-state index < -0.39 is 11.6 Å². The van der Waals surface area contributed by atoms with Gasteiger partial charge in [0.05, 0.1) is 0 Å². The molecule has 1 aromatic heterocycles. The fraction of sp³-hybridized carbons (Fsp3) is 0.450. The Morgan fingerprint density at radius 1 is 1.22 bits per heavy atom. The Balaban J connectivity index is 1.52. The third-order valence-corrected chi connectivity index (χ3v) is 4.76. The fourth-order valence-electron chi connectivity index (χ4n) is 3.27. The number of amides is 1. The third kappa shape index (κ3) is 4.67. The smallest absolute Gasteiger partial charge is 0.344 e. The average molecular weight is 373 g/mol. The number of fused-ring (bicyclic) bond motifs is 1. The number of benzene rings is 1. The van der Waals surface area contributed by atoms with Gasteiger partial charge >= 0.3 is 11.6 Å². The zero-order valence-corrected chi connectivity index (χ0v) is 15.5. The molecule has 27 heavy (non-hydrogen) atoms. The van der Waals surface area contributed by atoms with Crippen molar-refractivity contribution in [3.8, 4) is 5.75 Å². The molecule has 7 heteroatoms. The summed E-state index contributed by atoms with van der Waals surface area (Å²) in [6.45, 7) is 3.91. The molecule has 0 radical (unpaired) electrons. The third-order valence-electron chi connectivity index (χ3n) is 4.76. The normalized spacial score (nSPS) is 17.0. The van der Waals surface area contributed by atoms with E-state index in [0.29, 0.717) is 17.9 Å². The van der Waals surface area contributed by atoms with E-state index in [-0.39, 0.29) is 25.2 Å². The highest BCUT2D eigenvalue weighted by atomic mass is 16.6. The summed E-state index contributed by atoms with van der Waals surface area (Å²) >= 11 is 0. The van der Waals surface area contributed by atoms with Gasteiger partial charge in [-0.15, -0.1) is 0 Å². The Morgan fingerprint density at radius 3 is 2.81 bits per heavy atom. The van der Waals surface area contributed by atoms with Crippen molar-refractivity contribution in [1.82, 2.24) is 4.90 Å². The molecule has 1 saturated heterocycles. The second-order valence-electron chi connectivity index (χ2n) is 6.79. The topological polar surface area (TPSA) is 86.0 Å². The number of esters is 1. The lowest BCUT2D eigenvalue weighted by Crippen LogP contribution is -2.44. The zero-order valence-electron chi connectivity index (χ0n) is 15.5. The maximum absolute atomic E-state index is 12.2. The highest BCUT2D eigenvalue weighted by molar-refractivity contribution is 5.82. The number of likely N-dealkylation sites (tertiary alicyclic amines) is 1. The lowest BCUT2D eigenvalue weighted by Gasteiger charge is -2.33. The lowest BCUT2D eigenvalue weighted by atomic mass is 10.0. The van der Waals surface area contributed by atoms with Crippen LogP contribution in [0.5, 0.6) is 5.75 Å². The first kappa shape index (κ1) is 18.9. The van der Waals surface area contributed by atoms with Gasteiger partial charge in [0.2, 0.25) is 0 Å². The van der Waals surface area contributed by atoms with Gasteiger partial charge in [-0.25, -0.2) is 9.59 Å². The Hall–Kier alpha value is -2.83. The molecular formula is C20H23NO6. The highest BCUT2D eigenvalue weighted by Gasteiger charge is 2.23. The number of ether oxygens (including phenoxy) is 2. The molecule has 0 unspecified atom stereocenters. The van der Waals surface area contributed by atoms with Crippen LogP contribution in [0.3, 0.4) is 0 Å². The van der Waals surface area contributed by atoms with Crippen LogP contribution in [0, 0.1) is 6.92 Å². The number of hydrogen-bond acceptors (Lipinski definition) is 6. The number of nitrogens with zero attached hydrogens (tertiary/aromatic N) is 1. The van der Waals surface area contributed by atoms with Crippen molar-refractivity contribution in [2.24, 2.45) is 0 Å². The van der Waals surface area contributed by atoms with Crippen LogP contribution in [-0.2, 0) is 14.3 Å². The Labute approximate surface area is 156 Å². The van der Waals surface area contributed by atoms with E-state index in [9.17, 15) is 14.4 Å². The quantitative estimate of drug-likeness (QED) is 0.591. The second-order valence-corrected chi connectivity index (χ2v) is 6.79. The van der Waals surface area contributed by atoms with Crippen LogP contribution >= 0.6 is 0 Å². The number of aryl methyl sites for hydroxylation is 1. The minimum Gasteiger partial charge on any atom is -0.482 e. The molecular weight excluding hydrogens is 350 g/mol. The Bertz CT molecular complexity index is 903. The van der Waals surface area contributed by atoms with Gasteiger partial charge in [-0.2, -0.15) is 0 Å². The summed E-state index contributed by atoms with van der Waals surface area (Å²) in [5.41, 5.74) is 0.750. The molecule has 1 atom stereocenters. The van der Waals surface area contributed by atoms with E-state index in [1.54, 1.807) is 23.1 Å². The molecule has 0 saturated carbocycles. The van der Waals surface area contributed by atoms with Gasteiger partial charge in [-0.1, -0.05) is 0 Å². The Morgan fingerprint density at radius 2 is 2.04 bits per heavy atom. The van der Waals surface area contributed by atoms with Gasteiger partial charge in [0.15, 0.2) is 13.2 Å². The molecule has 1 fully saturated rings. The van der Waals surface area contributed by atoms with Crippen molar-refractivity contribution in [2.75, 3.05) is 19.8 Å². The van der Waals surface area contributed by atoms with Crippen molar-refractivity contribution >= 4 is 22.8 Å². The molecule has 1 aliphatic rings. The minimum absolute atomic E-state index is 0.178. The van der Waals surface area contributed by atoms with E-state index in [4.69, 9.17) is 13.9 Å². The number of carbonyl (C=O) groups is 2. The predicted octanol–water partition coefficient (Wildman–Crippen LogP) is 2.42. The van der Waals surface area contributed by atoms with Crippen LogP contribution in [-0.4, -0.2) is 42.6 Å². The van der Waals surface area contributed by atoms with E-state index in [1.807, 2.05) is 13.8 Å². The molecule has 0 spiro atoms. The molecule has 0 aliphatic carbocycles. The van der Waals surface area contributed by atoms with Gasteiger partial charge in [0.25, 0.3) is 5.91 Å².